The van der Waals surface area contributed by atoms with Crippen LogP contribution in [0.2, 0.25) is 5.02 Å². The lowest BCUT2D eigenvalue weighted by Gasteiger charge is -2.05. The van der Waals surface area contributed by atoms with Gasteiger partial charge in [0.15, 0.2) is 0 Å². The fourth-order valence-electron chi connectivity index (χ4n) is 2.83. The zero-order valence-electron chi connectivity index (χ0n) is 15.0. The van der Waals surface area contributed by atoms with Crippen molar-refractivity contribution in [2.45, 2.75) is 6.92 Å². The SMILES string of the molecule is Cc1nc(-c2ccccc2)sc1C(=O)NNC(=O)c1[nH]c2ccc(F)cc2c1Cl. The lowest BCUT2D eigenvalue weighted by atomic mass is 10.2. The molecule has 0 aliphatic carbocycles. The Hall–Kier alpha value is -3.23. The van der Waals surface area contributed by atoms with Crippen LogP contribution in [0.5, 0.6) is 0 Å². The van der Waals surface area contributed by atoms with Gasteiger partial charge in [-0.15, -0.1) is 11.3 Å². The van der Waals surface area contributed by atoms with Gasteiger partial charge in [-0.3, -0.25) is 20.4 Å². The zero-order chi connectivity index (χ0) is 20.5. The molecule has 0 aliphatic heterocycles. The molecule has 0 bridgehead atoms. The van der Waals surface area contributed by atoms with E-state index in [1.54, 1.807) is 6.92 Å². The number of rotatable bonds is 3. The van der Waals surface area contributed by atoms with E-state index >= 15 is 0 Å². The largest absolute Gasteiger partial charge is 0.349 e. The standard InChI is InChI=1S/C20H14ClFN4O2S/c1-10-17(29-20(23-10)11-5-3-2-4-6-11)19(28)26-25-18(27)16-15(21)13-9-12(22)7-8-14(13)24-16/h2-9,24H,1H3,(H,25,27)(H,26,28). The molecule has 2 aromatic heterocycles. The summed E-state index contributed by atoms with van der Waals surface area (Å²) in [5, 5.41) is 1.17. The zero-order valence-corrected chi connectivity index (χ0v) is 16.6. The highest BCUT2D eigenvalue weighted by molar-refractivity contribution is 7.17. The number of carbonyl (C=O) groups excluding carboxylic acids is 2. The minimum atomic E-state index is -0.648. The molecule has 0 spiro atoms. The summed E-state index contributed by atoms with van der Waals surface area (Å²) < 4.78 is 13.4. The molecule has 0 saturated heterocycles. The van der Waals surface area contributed by atoms with Crippen molar-refractivity contribution in [3.05, 3.63) is 75.6 Å². The quantitative estimate of drug-likeness (QED) is 0.421. The predicted octanol–water partition coefficient (Wildman–Crippen LogP) is 4.47. The molecule has 2 aromatic carbocycles. The number of amides is 2. The van der Waals surface area contributed by atoms with Crippen molar-refractivity contribution in [2.75, 3.05) is 0 Å². The van der Waals surface area contributed by atoms with E-state index in [1.807, 2.05) is 30.3 Å². The summed E-state index contributed by atoms with van der Waals surface area (Å²) >= 11 is 7.40. The summed E-state index contributed by atoms with van der Waals surface area (Å²) in [6.07, 6.45) is 0. The number of aryl methyl sites for hydroxylation is 1. The molecule has 0 radical (unpaired) electrons. The van der Waals surface area contributed by atoms with E-state index in [2.05, 4.69) is 20.8 Å². The Balaban J connectivity index is 1.50. The third-order valence-corrected chi connectivity index (χ3v) is 5.84. The van der Waals surface area contributed by atoms with Gasteiger partial charge in [0, 0.05) is 16.5 Å². The maximum absolute atomic E-state index is 13.4. The lowest BCUT2D eigenvalue weighted by Crippen LogP contribution is -2.41. The Morgan fingerprint density at radius 2 is 1.83 bits per heavy atom. The molecular formula is C20H14ClFN4O2S. The van der Waals surface area contributed by atoms with E-state index in [0.717, 1.165) is 5.56 Å². The minimum Gasteiger partial charge on any atom is -0.349 e. The van der Waals surface area contributed by atoms with Crippen molar-refractivity contribution in [1.82, 2.24) is 20.8 Å². The number of aromatic amines is 1. The maximum Gasteiger partial charge on any atom is 0.287 e. The molecule has 9 heteroatoms. The van der Waals surface area contributed by atoms with Crippen LogP contribution in [0.1, 0.15) is 25.9 Å². The second kappa shape index (κ2) is 7.65. The Bertz CT molecular complexity index is 1240. The van der Waals surface area contributed by atoms with E-state index in [-0.39, 0.29) is 10.7 Å². The van der Waals surface area contributed by atoms with Gasteiger partial charge in [-0.2, -0.15) is 0 Å². The van der Waals surface area contributed by atoms with Crippen LogP contribution >= 0.6 is 22.9 Å². The second-order valence-electron chi connectivity index (χ2n) is 6.21. The Morgan fingerprint density at radius 3 is 2.59 bits per heavy atom. The predicted molar refractivity (Wildman–Crippen MR) is 110 cm³/mol. The number of hydrazine groups is 1. The topological polar surface area (TPSA) is 86.9 Å². The van der Waals surface area contributed by atoms with Crippen molar-refractivity contribution >= 4 is 45.7 Å². The molecule has 0 aliphatic rings. The number of H-pyrrole nitrogens is 1. The van der Waals surface area contributed by atoms with Crippen LogP contribution in [-0.2, 0) is 0 Å². The first-order valence-electron chi connectivity index (χ1n) is 8.54. The molecule has 6 nitrogen and oxygen atoms in total. The van der Waals surface area contributed by atoms with Gasteiger partial charge in [0.25, 0.3) is 11.8 Å². The molecule has 0 saturated carbocycles. The molecule has 29 heavy (non-hydrogen) atoms. The van der Waals surface area contributed by atoms with Crippen molar-refractivity contribution < 1.29 is 14.0 Å². The Labute approximate surface area is 173 Å². The fraction of sp³-hybridized carbons (Fsp3) is 0.0500. The van der Waals surface area contributed by atoms with E-state index in [1.165, 1.54) is 29.5 Å². The van der Waals surface area contributed by atoms with Gasteiger partial charge >= 0.3 is 0 Å². The molecule has 0 fully saturated rings. The molecule has 2 amide bonds. The lowest BCUT2D eigenvalue weighted by molar-refractivity contribution is 0.0846. The third kappa shape index (κ3) is 3.72. The monoisotopic (exact) mass is 428 g/mol. The summed E-state index contributed by atoms with van der Waals surface area (Å²) in [6, 6.07) is 13.5. The van der Waals surface area contributed by atoms with Crippen LogP contribution in [0.25, 0.3) is 21.5 Å². The van der Waals surface area contributed by atoms with Crippen LogP contribution in [0, 0.1) is 12.7 Å². The number of benzene rings is 2. The van der Waals surface area contributed by atoms with Crippen molar-refractivity contribution in [3.63, 3.8) is 0 Å². The smallest absolute Gasteiger partial charge is 0.287 e. The Morgan fingerprint density at radius 1 is 1.10 bits per heavy atom. The second-order valence-corrected chi connectivity index (χ2v) is 7.59. The van der Waals surface area contributed by atoms with Crippen LogP contribution in [-0.4, -0.2) is 21.8 Å². The van der Waals surface area contributed by atoms with Crippen LogP contribution in [0.3, 0.4) is 0 Å². The minimum absolute atomic E-state index is 0.0265. The van der Waals surface area contributed by atoms with Crippen molar-refractivity contribution in [3.8, 4) is 10.6 Å². The first-order valence-corrected chi connectivity index (χ1v) is 9.73. The van der Waals surface area contributed by atoms with Gasteiger partial charge in [-0.1, -0.05) is 41.9 Å². The average Bonchev–Trinajstić information content (AvgIpc) is 3.27. The highest BCUT2D eigenvalue weighted by Gasteiger charge is 2.20. The van der Waals surface area contributed by atoms with Gasteiger partial charge < -0.3 is 4.98 Å². The number of nitrogens with one attached hydrogen (secondary N) is 3. The molecule has 146 valence electrons. The van der Waals surface area contributed by atoms with E-state index in [9.17, 15) is 14.0 Å². The first-order chi connectivity index (χ1) is 13.9. The number of fused-ring (bicyclic) bond motifs is 1. The molecule has 4 rings (SSSR count). The van der Waals surface area contributed by atoms with Gasteiger partial charge in [-0.25, -0.2) is 9.37 Å². The highest BCUT2D eigenvalue weighted by Crippen LogP contribution is 2.29. The molecule has 2 heterocycles. The summed E-state index contributed by atoms with van der Waals surface area (Å²) in [4.78, 5) is 32.5. The molecular weight excluding hydrogens is 415 g/mol. The summed E-state index contributed by atoms with van der Waals surface area (Å²) in [5.41, 5.74) is 6.68. The number of thiazole rings is 1. The van der Waals surface area contributed by atoms with Crippen LogP contribution in [0.4, 0.5) is 4.39 Å². The van der Waals surface area contributed by atoms with Crippen molar-refractivity contribution in [2.24, 2.45) is 0 Å². The van der Waals surface area contributed by atoms with Crippen molar-refractivity contribution in [1.29, 1.82) is 0 Å². The average molecular weight is 429 g/mol. The maximum atomic E-state index is 13.4. The molecule has 3 N–H and O–H groups in total. The highest BCUT2D eigenvalue weighted by atomic mass is 35.5. The Kier molecular flexibility index (Phi) is 5.04. The van der Waals surface area contributed by atoms with Gasteiger partial charge in [0.1, 0.15) is 21.4 Å². The normalized spacial score (nSPS) is 10.9. The number of hydrogen-bond acceptors (Lipinski definition) is 4. The van der Waals surface area contributed by atoms with Gasteiger partial charge in [0.05, 0.1) is 10.7 Å². The number of hydrogen-bond donors (Lipinski definition) is 3. The number of halogens is 2. The number of carbonyl (C=O) groups is 2. The molecule has 4 aromatic rings. The van der Waals surface area contributed by atoms with Crippen LogP contribution < -0.4 is 10.9 Å². The van der Waals surface area contributed by atoms with Crippen LogP contribution in [0.15, 0.2) is 48.5 Å². The number of nitrogens with zero attached hydrogens (tertiary/aromatic N) is 1. The third-order valence-electron chi connectivity index (χ3n) is 4.24. The number of aromatic nitrogens is 2. The summed E-state index contributed by atoms with van der Waals surface area (Å²) in [6.45, 7) is 1.72. The van der Waals surface area contributed by atoms with E-state index < -0.39 is 17.6 Å². The summed E-state index contributed by atoms with van der Waals surface area (Å²) in [7, 11) is 0. The molecule has 0 atom stereocenters. The molecule has 0 unspecified atom stereocenters. The fourth-order valence-corrected chi connectivity index (χ4v) is 4.09. The van der Waals surface area contributed by atoms with Gasteiger partial charge in [-0.05, 0) is 25.1 Å². The summed E-state index contributed by atoms with van der Waals surface area (Å²) in [5.74, 6) is -1.60. The van der Waals surface area contributed by atoms with E-state index in [0.29, 0.717) is 26.5 Å². The van der Waals surface area contributed by atoms with E-state index in [4.69, 9.17) is 11.6 Å². The van der Waals surface area contributed by atoms with Gasteiger partial charge in [0.2, 0.25) is 0 Å². The first kappa shape index (κ1) is 19.1.